The van der Waals surface area contributed by atoms with Crippen molar-refractivity contribution in [3.63, 3.8) is 0 Å². The summed E-state index contributed by atoms with van der Waals surface area (Å²) in [4.78, 5) is -1.00. The Morgan fingerprint density at radius 1 is 1.25 bits per heavy atom. The monoisotopic (exact) mass is 250 g/mol. The van der Waals surface area contributed by atoms with Crippen molar-refractivity contribution < 1.29 is 17.2 Å². The first-order valence-corrected chi connectivity index (χ1v) is 5.99. The number of sulfonamides is 1. The van der Waals surface area contributed by atoms with E-state index in [2.05, 4.69) is 4.72 Å². The highest BCUT2D eigenvalue weighted by atomic mass is 32.2. The lowest BCUT2D eigenvalue weighted by molar-refractivity contribution is 0.511. The van der Waals surface area contributed by atoms with E-state index in [9.17, 15) is 17.2 Å². The van der Waals surface area contributed by atoms with Crippen LogP contribution >= 0.6 is 0 Å². The Bertz CT molecular complexity index is 477. The maximum Gasteiger partial charge on any atom is 0.246 e. The second-order valence-corrected chi connectivity index (χ2v) is 5.24. The van der Waals surface area contributed by atoms with E-state index < -0.39 is 32.6 Å². The van der Waals surface area contributed by atoms with Crippen LogP contribution in [-0.4, -0.2) is 14.5 Å². The van der Waals surface area contributed by atoms with E-state index in [1.807, 2.05) is 0 Å². The first-order valence-electron chi connectivity index (χ1n) is 4.51. The lowest BCUT2D eigenvalue weighted by atomic mass is 10.3. The number of hydrogen-bond donors (Lipinski definition) is 2. The van der Waals surface area contributed by atoms with Crippen LogP contribution in [0.15, 0.2) is 17.0 Å². The summed E-state index contributed by atoms with van der Waals surface area (Å²) >= 11 is 0. The molecule has 0 amide bonds. The van der Waals surface area contributed by atoms with Crippen molar-refractivity contribution in [2.45, 2.75) is 24.8 Å². The number of nitrogens with one attached hydrogen (secondary N) is 1. The minimum atomic E-state index is -4.19. The van der Waals surface area contributed by atoms with Crippen LogP contribution < -0.4 is 10.5 Å². The molecule has 0 aliphatic carbocycles. The zero-order valence-corrected chi connectivity index (χ0v) is 9.61. The minimum Gasteiger partial charge on any atom is -0.399 e. The maximum absolute atomic E-state index is 13.3. The van der Waals surface area contributed by atoms with Crippen LogP contribution in [0.3, 0.4) is 0 Å². The normalized spacial score (nSPS) is 12.1. The fourth-order valence-electron chi connectivity index (χ4n) is 1.21. The standard InChI is InChI=1S/C9H12F2N2O2S/c1-5(2)13-16(14,15)9-7(10)3-6(12)4-8(9)11/h3-5,13H,12H2,1-2H3. The molecule has 0 aliphatic heterocycles. The molecule has 0 bridgehead atoms. The molecule has 0 radical (unpaired) electrons. The maximum atomic E-state index is 13.3. The van der Waals surface area contributed by atoms with Gasteiger partial charge in [-0.3, -0.25) is 0 Å². The number of benzene rings is 1. The van der Waals surface area contributed by atoms with Gasteiger partial charge in [0.1, 0.15) is 11.6 Å². The predicted molar refractivity (Wildman–Crippen MR) is 56.2 cm³/mol. The third kappa shape index (κ3) is 2.67. The predicted octanol–water partition coefficient (Wildman–Crippen LogP) is 1.23. The van der Waals surface area contributed by atoms with Crippen molar-refractivity contribution in [2.24, 2.45) is 0 Å². The third-order valence-corrected chi connectivity index (χ3v) is 3.39. The van der Waals surface area contributed by atoms with Crippen LogP contribution in [0.5, 0.6) is 0 Å². The fourth-order valence-corrected chi connectivity index (χ4v) is 2.58. The molecule has 90 valence electrons. The van der Waals surface area contributed by atoms with E-state index >= 15 is 0 Å². The van der Waals surface area contributed by atoms with Gasteiger partial charge in [-0.05, 0) is 26.0 Å². The van der Waals surface area contributed by atoms with Crippen LogP contribution in [0.1, 0.15) is 13.8 Å². The Labute approximate surface area is 92.5 Å². The number of hydrogen-bond acceptors (Lipinski definition) is 3. The van der Waals surface area contributed by atoms with E-state index in [1.54, 1.807) is 13.8 Å². The Hall–Kier alpha value is -1.21. The SMILES string of the molecule is CC(C)NS(=O)(=O)c1c(F)cc(N)cc1F. The second kappa shape index (κ2) is 4.34. The molecule has 4 nitrogen and oxygen atoms in total. The Morgan fingerprint density at radius 2 is 1.69 bits per heavy atom. The topological polar surface area (TPSA) is 72.2 Å². The smallest absolute Gasteiger partial charge is 0.246 e. The molecular weight excluding hydrogens is 238 g/mol. The number of nitrogen functional groups attached to an aromatic ring is 1. The largest absolute Gasteiger partial charge is 0.399 e. The van der Waals surface area contributed by atoms with E-state index in [1.165, 1.54) is 0 Å². The van der Waals surface area contributed by atoms with Gasteiger partial charge in [0.15, 0.2) is 4.90 Å². The van der Waals surface area contributed by atoms with Gasteiger partial charge < -0.3 is 5.73 Å². The lowest BCUT2D eigenvalue weighted by Crippen LogP contribution is -2.31. The van der Waals surface area contributed by atoms with Crippen LogP contribution in [0, 0.1) is 11.6 Å². The molecule has 0 fully saturated rings. The molecule has 1 aromatic rings. The second-order valence-electron chi connectivity index (χ2n) is 3.59. The van der Waals surface area contributed by atoms with Crippen molar-refractivity contribution >= 4 is 15.7 Å². The summed E-state index contributed by atoms with van der Waals surface area (Å²) in [7, 11) is -4.19. The van der Waals surface area contributed by atoms with Crippen molar-refractivity contribution in [3.8, 4) is 0 Å². The Morgan fingerprint density at radius 3 is 2.06 bits per heavy atom. The summed E-state index contributed by atoms with van der Waals surface area (Å²) in [5.41, 5.74) is 5.01. The fraction of sp³-hybridized carbons (Fsp3) is 0.333. The molecule has 1 rings (SSSR count). The Kier molecular flexibility index (Phi) is 3.49. The molecule has 7 heteroatoms. The molecule has 0 aromatic heterocycles. The van der Waals surface area contributed by atoms with Gasteiger partial charge in [0.25, 0.3) is 0 Å². The summed E-state index contributed by atoms with van der Waals surface area (Å²) < 4.78 is 51.9. The van der Waals surface area contributed by atoms with Gasteiger partial charge in [-0.1, -0.05) is 0 Å². The van der Waals surface area contributed by atoms with E-state index in [4.69, 9.17) is 5.73 Å². The molecule has 0 spiro atoms. The highest BCUT2D eigenvalue weighted by Gasteiger charge is 2.25. The van der Waals surface area contributed by atoms with E-state index in [-0.39, 0.29) is 5.69 Å². The quantitative estimate of drug-likeness (QED) is 0.793. The number of anilines is 1. The molecular formula is C9H12F2N2O2S. The molecule has 3 N–H and O–H groups in total. The summed E-state index contributed by atoms with van der Waals surface area (Å²) in [5.74, 6) is -2.41. The lowest BCUT2D eigenvalue weighted by Gasteiger charge is -2.11. The molecule has 0 unspecified atom stereocenters. The van der Waals surface area contributed by atoms with E-state index in [0.717, 1.165) is 12.1 Å². The zero-order valence-electron chi connectivity index (χ0n) is 8.79. The minimum absolute atomic E-state index is 0.168. The molecule has 0 saturated carbocycles. The molecule has 0 saturated heterocycles. The van der Waals surface area contributed by atoms with E-state index in [0.29, 0.717) is 0 Å². The number of halogens is 2. The van der Waals surface area contributed by atoms with Gasteiger partial charge in [0.2, 0.25) is 10.0 Å². The molecule has 0 aliphatic rings. The first-order chi connectivity index (χ1) is 7.24. The summed E-state index contributed by atoms with van der Waals surface area (Å²) in [6.07, 6.45) is 0. The zero-order chi connectivity index (χ0) is 12.5. The summed E-state index contributed by atoms with van der Waals surface area (Å²) in [6, 6.07) is 1.07. The molecule has 0 heterocycles. The average molecular weight is 250 g/mol. The third-order valence-electron chi connectivity index (χ3n) is 1.68. The van der Waals surface area contributed by atoms with Crippen LogP contribution in [0.25, 0.3) is 0 Å². The molecule has 16 heavy (non-hydrogen) atoms. The summed E-state index contributed by atoms with van der Waals surface area (Å²) in [5, 5.41) is 0. The van der Waals surface area contributed by atoms with Gasteiger partial charge in [0, 0.05) is 11.7 Å². The van der Waals surface area contributed by atoms with Crippen molar-refractivity contribution in [1.29, 1.82) is 0 Å². The molecule has 0 atom stereocenters. The van der Waals surface area contributed by atoms with Gasteiger partial charge in [-0.15, -0.1) is 0 Å². The van der Waals surface area contributed by atoms with Crippen LogP contribution in [-0.2, 0) is 10.0 Å². The number of rotatable bonds is 3. The van der Waals surface area contributed by atoms with Crippen LogP contribution in [0.2, 0.25) is 0 Å². The van der Waals surface area contributed by atoms with Gasteiger partial charge >= 0.3 is 0 Å². The number of nitrogens with two attached hydrogens (primary N) is 1. The van der Waals surface area contributed by atoms with Gasteiger partial charge in [-0.2, -0.15) is 0 Å². The van der Waals surface area contributed by atoms with Gasteiger partial charge in [0.05, 0.1) is 0 Å². The van der Waals surface area contributed by atoms with Crippen molar-refractivity contribution in [2.75, 3.05) is 5.73 Å². The van der Waals surface area contributed by atoms with Crippen molar-refractivity contribution in [3.05, 3.63) is 23.8 Å². The van der Waals surface area contributed by atoms with Crippen LogP contribution in [0.4, 0.5) is 14.5 Å². The van der Waals surface area contributed by atoms with Gasteiger partial charge in [-0.25, -0.2) is 21.9 Å². The highest BCUT2D eigenvalue weighted by molar-refractivity contribution is 7.89. The highest BCUT2D eigenvalue weighted by Crippen LogP contribution is 2.21. The average Bonchev–Trinajstić information content (AvgIpc) is 1.96. The first kappa shape index (κ1) is 12.9. The molecule has 1 aromatic carbocycles. The Balaban J connectivity index is 3.34. The van der Waals surface area contributed by atoms with Crippen molar-refractivity contribution in [1.82, 2.24) is 4.72 Å². The summed E-state index contributed by atoms with van der Waals surface area (Å²) in [6.45, 7) is 3.09.